The number of hydrogen-bond donors (Lipinski definition) is 0. The highest BCUT2D eigenvalue weighted by Gasteiger charge is 2.12. The van der Waals surface area contributed by atoms with Crippen LogP contribution < -0.4 is 17.1 Å². The van der Waals surface area contributed by atoms with Crippen LogP contribution >= 0.6 is 0 Å². The Morgan fingerprint density at radius 1 is 0.944 bits per heavy atom. The van der Waals surface area contributed by atoms with Gasteiger partial charge in [-0.25, -0.2) is 28.1 Å². The van der Waals surface area contributed by atoms with Crippen molar-refractivity contribution in [3.63, 3.8) is 0 Å². The Labute approximate surface area is 105 Å². The van der Waals surface area contributed by atoms with Gasteiger partial charge in [0, 0.05) is 19.6 Å². The molecule has 0 saturated carbocycles. The van der Waals surface area contributed by atoms with Crippen LogP contribution in [0.1, 0.15) is 26.7 Å². The van der Waals surface area contributed by atoms with E-state index in [0.29, 0.717) is 13.0 Å². The summed E-state index contributed by atoms with van der Waals surface area (Å²) in [6.07, 6.45) is 3.12. The molecule has 1 heterocycles. The molecule has 0 radical (unpaired) electrons. The standard InChI is InChI=1S/C12H19N3O3/c1-4-7-8-9-15-11(17)13(5-2)10(16)14(6-3)12(15)18/h4H,1,5-9H2,2-3H3. The monoisotopic (exact) mass is 253 g/mol. The molecule has 0 aliphatic heterocycles. The smallest absolute Gasteiger partial charge is 0.247 e. The van der Waals surface area contributed by atoms with E-state index < -0.39 is 17.1 Å². The molecule has 1 aromatic rings. The first-order valence-corrected chi connectivity index (χ1v) is 6.13. The van der Waals surface area contributed by atoms with Crippen molar-refractivity contribution in [3.8, 4) is 0 Å². The largest absolute Gasteiger partial charge is 0.336 e. The highest BCUT2D eigenvalue weighted by atomic mass is 16.2. The fraction of sp³-hybridized carbons (Fsp3) is 0.583. The second-order valence-electron chi connectivity index (χ2n) is 3.92. The molecule has 0 unspecified atom stereocenters. The third-order valence-electron chi connectivity index (χ3n) is 2.81. The fourth-order valence-corrected chi connectivity index (χ4v) is 1.81. The Hall–Kier alpha value is -1.85. The summed E-state index contributed by atoms with van der Waals surface area (Å²) < 4.78 is 3.29. The van der Waals surface area contributed by atoms with Gasteiger partial charge in [0.1, 0.15) is 0 Å². The molecule has 0 aromatic carbocycles. The second kappa shape index (κ2) is 6.18. The van der Waals surface area contributed by atoms with Gasteiger partial charge in [0.2, 0.25) is 0 Å². The molecule has 6 heteroatoms. The maximum Gasteiger partial charge on any atom is 0.336 e. The Balaban J connectivity index is 3.41. The zero-order valence-electron chi connectivity index (χ0n) is 10.9. The molecule has 0 aliphatic rings. The van der Waals surface area contributed by atoms with Crippen LogP contribution in [0, 0.1) is 0 Å². The predicted molar refractivity (Wildman–Crippen MR) is 70.0 cm³/mol. The van der Waals surface area contributed by atoms with Crippen LogP contribution in [-0.4, -0.2) is 13.7 Å². The third-order valence-corrected chi connectivity index (χ3v) is 2.81. The maximum absolute atomic E-state index is 12.0. The van der Waals surface area contributed by atoms with Crippen molar-refractivity contribution in [2.75, 3.05) is 0 Å². The average Bonchev–Trinajstić information content (AvgIpc) is 2.34. The fourth-order valence-electron chi connectivity index (χ4n) is 1.81. The predicted octanol–water partition coefficient (Wildman–Crippen LogP) is 0.178. The Morgan fingerprint density at radius 2 is 1.39 bits per heavy atom. The summed E-state index contributed by atoms with van der Waals surface area (Å²) >= 11 is 0. The molecule has 0 amide bonds. The SMILES string of the molecule is C=CCCCn1c(=O)n(CC)c(=O)n(CC)c1=O. The van der Waals surface area contributed by atoms with E-state index in [1.807, 2.05) is 0 Å². The molecule has 0 atom stereocenters. The van der Waals surface area contributed by atoms with Gasteiger partial charge in [-0.15, -0.1) is 6.58 Å². The molecule has 0 aliphatic carbocycles. The van der Waals surface area contributed by atoms with Crippen molar-refractivity contribution < 1.29 is 0 Å². The molecule has 18 heavy (non-hydrogen) atoms. The first-order chi connectivity index (χ1) is 8.58. The molecule has 0 spiro atoms. The van der Waals surface area contributed by atoms with E-state index >= 15 is 0 Å². The van der Waals surface area contributed by atoms with Gasteiger partial charge in [-0.1, -0.05) is 6.08 Å². The van der Waals surface area contributed by atoms with Crippen LogP contribution in [0.3, 0.4) is 0 Å². The van der Waals surface area contributed by atoms with Gasteiger partial charge in [-0.3, -0.25) is 0 Å². The van der Waals surface area contributed by atoms with Gasteiger partial charge in [0.25, 0.3) is 0 Å². The number of allylic oxidation sites excluding steroid dienone is 1. The van der Waals surface area contributed by atoms with E-state index in [1.165, 1.54) is 0 Å². The molecule has 6 nitrogen and oxygen atoms in total. The topological polar surface area (TPSA) is 66.0 Å². The van der Waals surface area contributed by atoms with E-state index in [4.69, 9.17) is 0 Å². The number of aromatic nitrogens is 3. The molecule has 100 valence electrons. The summed E-state index contributed by atoms with van der Waals surface area (Å²) in [5.74, 6) is 0. The number of unbranched alkanes of at least 4 members (excludes halogenated alkanes) is 1. The summed E-state index contributed by atoms with van der Waals surface area (Å²) in [5.41, 5.74) is -1.59. The Morgan fingerprint density at radius 3 is 1.78 bits per heavy atom. The minimum absolute atomic E-state index is 0.263. The summed E-state index contributed by atoms with van der Waals surface area (Å²) in [6, 6.07) is 0. The number of rotatable bonds is 6. The van der Waals surface area contributed by atoms with Crippen molar-refractivity contribution in [1.29, 1.82) is 0 Å². The molecule has 0 N–H and O–H groups in total. The lowest BCUT2D eigenvalue weighted by Gasteiger charge is -2.11. The van der Waals surface area contributed by atoms with Crippen LogP contribution in [-0.2, 0) is 19.6 Å². The Bertz CT molecular complexity index is 550. The summed E-state index contributed by atoms with van der Waals surface area (Å²) in [6.45, 7) is 7.85. The zero-order valence-corrected chi connectivity index (χ0v) is 10.9. The molecular weight excluding hydrogens is 234 g/mol. The Kier molecular flexibility index (Phi) is 4.88. The van der Waals surface area contributed by atoms with Gasteiger partial charge < -0.3 is 0 Å². The quantitative estimate of drug-likeness (QED) is 0.536. The van der Waals surface area contributed by atoms with Crippen molar-refractivity contribution in [2.24, 2.45) is 0 Å². The van der Waals surface area contributed by atoms with Gasteiger partial charge in [0.15, 0.2) is 0 Å². The molecule has 0 fully saturated rings. The van der Waals surface area contributed by atoms with Crippen molar-refractivity contribution in [3.05, 3.63) is 44.1 Å². The van der Waals surface area contributed by atoms with Crippen LogP contribution in [0.2, 0.25) is 0 Å². The lowest BCUT2D eigenvalue weighted by molar-refractivity contribution is 0.455. The van der Waals surface area contributed by atoms with Gasteiger partial charge >= 0.3 is 17.1 Å². The second-order valence-corrected chi connectivity index (χ2v) is 3.92. The molecule has 1 rings (SSSR count). The lowest BCUT2D eigenvalue weighted by Crippen LogP contribution is -2.54. The van der Waals surface area contributed by atoms with Crippen molar-refractivity contribution in [1.82, 2.24) is 13.7 Å². The summed E-state index contributed by atoms with van der Waals surface area (Å²) in [4.78, 5) is 35.8. The normalized spacial score (nSPS) is 10.6. The molecular formula is C12H19N3O3. The average molecular weight is 253 g/mol. The van der Waals surface area contributed by atoms with Crippen molar-refractivity contribution >= 4 is 0 Å². The number of hydrogen-bond acceptors (Lipinski definition) is 3. The van der Waals surface area contributed by atoms with E-state index in [9.17, 15) is 14.4 Å². The highest BCUT2D eigenvalue weighted by Crippen LogP contribution is 1.90. The molecule has 0 bridgehead atoms. The van der Waals surface area contributed by atoms with E-state index in [-0.39, 0.29) is 13.1 Å². The highest BCUT2D eigenvalue weighted by molar-refractivity contribution is 4.79. The van der Waals surface area contributed by atoms with Gasteiger partial charge in [0.05, 0.1) is 0 Å². The first-order valence-electron chi connectivity index (χ1n) is 6.13. The molecule has 0 saturated heterocycles. The van der Waals surface area contributed by atoms with Gasteiger partial charge in [-0.2, -0.15) is 0 Å². The summed E-state index contributed by atoms with van der Waals surface area (Å²) in [7, 11) is 0. The van der Waals surface area contributed by atoms with Crippen molar-refractivity contribution in [2.45, 2.75) is 46.3 Å². The van der Waals surface area contributed by atoms with E-state index in [1.54, 1.807) is 19.9 Å². The lowest BCUT2D eigenvalue weighted by atomic mass is 10.3. The zero-order chi connectivity index (χ0) is 13.7. The van der Waals surface area contributed by atoms with Crippen LogP contribution in [0.15, 0.2) is 27.0 Å². The van der Waals surface area contributed by atoms with Crippen LogP contribution in [0.4, 0.5) is 0 Å². The van der Waals surface area contributed by atoms with E-state index in [2.05, 4.69) is 6.58 Å². The summed E-state index contributed by atoms with van der Waals surface area (Å²) in [5, 5.41) is 0. The van der Waals surface area contributed by atoms with E-state index in [0.717, 1.165) is 20.1 Å². The van der Waals surface area contributed by atoms with Crippen LogP contribution in [0.25, 0.3) is 0 Å². The third kappa shape index (κ3) is 2.52. The number of nitrogens with zero attached hydrogens (tertiary/aromatic N) is 3. The minimum atomic E-state index is -0.532. The molecule has 1 aromatic heterocycles. The van der Waals surface area contributed by atoms with Gasteiger partial charge in [-0.05, 0) is 26.7 Å². The van der Waals surface area contributed by atoms with Crippen LogP contribution in [0.5, 0.6) is 0 Å². The maximum atomic E-state index is 12.0. The minimum Gasteiger partial charge on any atom is -0.247 e. The first kappa shape index (κ1) is 14.2.